The summed E-state index contributed by atoms with van der Waals surface area (Å²) in [7, 11) is 1.94. The van der Waals surface area contributed by atoms with Gasteiger partial charge in [0, 0.05) is 21.3 Å². The monoisotopic (exact) mass is 299 g/mol. The van der Waals surface area contributed by atoms with Crippen molar-refractivity contribution in [3.05, 3.63) is 53.2 Å². The molecule has 0 N–H and O–H groups in total. The minimum atomic E-state index is -2.11. The summed E-state index contributed by atoms with van der Waals surface area (Å²) in [4.78, 5) is 0. The second-order valence-corrected chi connectivity index (χ2v) is 6.25. The highest BCUT2D eigenvalue weighted by Gasteiger charge is 2.30. The zero-order chi connectivity index (χ0) is 18.8. The second kappa shape index (κ2) is 6.64. The normalized spacial score (nSPS) is 14.3. The molecule has 1 aromatic carbocycles. The van der Waals surface area contributed by atoms with E-state index in [4.69, 9.17) is 4.11 Å². The summed E-state index contributed by atoms with van der Waals surface area (Å²) in [6, 6.07) is 10.4. The highest BCUT2D eigenvalue weighted by molar-refractivity contribution is 5.62. The molecule has 0 aliphatic carbocycles. The van der Waals surface area contributed by atoms with E-state index in [-0.39, 0.29) is 5.41 Å². The predicted molar refractivity (Wildman–Crippen MR) is 95.1 cm³/mol. The topological polar surface area (TPSA) is 3.88 Å². The third-order valence-corrected chi connectivity index (χ3v) is 5.30. The molecule has 1 heteroatoms. The number of hydrogen-bond acceptors (Lipinski definition) is 0. The molecule has 2 aromatic rings. The van der Waals surface area contributed by atoms with Gasteiger partial charge in [-0.05, 0) is 55.6 Å². The Morgan fingerprint density at radius 3 is 2.23 bits per heavy atom. The molecule has 0 radical (unpaired) electrons. The lowest BCUT2D eigenvalue weighted by molar-refractivity contribution is -0.660. The van der Waals surface area contributed by atoms with Crippen LogP contribution < -0.4 is 4.57 Å². The first-order valence-electron chi connectivity index (χ1n) is 9.80. The molecule has 0 aliphatic rings. The molecule has 0 saturated carbocycles. The Balaban J connectivity index is 2.84. The summed E-state index contributed by atoms with van der Waals surface area (Å²) in [6.07, 6.45) is 4.62. The van der Waals surface area contributed by atoms with Crippen LogP contribution in [0.5, 0.6) is 0 Å². The van der Waals surface area contributed by atoms with Gasteiger partial charge in [0.1, 0.15) is 7.05 Å². The summed E-state index contributed by atoms with van der Waals surface area (Å²) in [5.74, 6) is 0. The molecule has 0 fully saturated rings. The van der Waals surface area contributed by atoms with Gasteiger partial charge in [-0.15, -0.1) is 0 Å². The first-order chi connectivity index (χ1) is 11.7. The van der Waals surface area contributed by atoms with E-state index in [1.54, 1.807) is 0 Å². The summed E-state index contributed by atoms with van der Waals surface area (Å²) in [5, 5.41) is 0. The van der Waals surface area contributed by atoms with Crippen LogP contribution in [0.15, 0.2) is 36.5 Å². The van der Waals surface area contributed by atoms with Crippen molar-refractivity contribution in [3.63, 3.8) is 0 Å². The highest BCUT2D eigenvalue weighted by atomic mass is 14.9. The number of aryl methyl sites for hydroxylation is 3. The minimum absolute atomic E-state index is 0.102. The summed E-state index contributed by atoms with van der Waals surface area (Å²) < 4.78 is 26.1. The first kappa shape index (κ1) is 12.9. The molecule has 0 aliphatic heterocycles. The Morgan fingerprint density at radius 1 is 1.05 bits per heavy atom. The maximum absolute atomic E-state index is 8.05. The maximum Gasteiger partial charge on any atom is 0.212 e. The van der Waals surface area contributed by atoms with Gasteiger partial charge in [-0.25, -0.2) is 4.57 Å². The van der Waals surface area contributed by atoms with Crippen LogP contribution in [0.4, 0.5) is 0 Å². The van der Waals surface area contributed by atoms with Crippen molar-refractivity contribution in [3.8, 4) is 11.3 Å². The van der Waals surface area contributed by atoms with Crippen LogP contribution in [0.3, 0.4) is 0 Å². The van der Waals surface area contributed by atoms with Crippen LogP contribution in [0.1, 0.15) is 60.8 Å². The molecule has 0 amide bonds. The van der Waals surface area contributed by atoms with Gasteiger partial charge < -0.3 is 0 Å². The molecule has 1 heterocycles. The van der Waals surface area contributed by atoms with E-state index >= 15 is 0 Å². The van der Waals surface area contributed by atoms with E-state index in [1.807, 2.05) is 29.9 Å². The SMILES string of the molecule is [2H]C([2H])([2H])c1c[n+](C)c(-c2ccccc2C)cc1C(CC)(CC)CC. The average Bonchev–Trinajstić information content (AvgIpc) is 2.57. The molecule has 0 spiro atoms. The fourth-order valence-electron chi connectivity index (χ4n) is 3.54. The molecule has 22 heavy (non-hydrogen) atoms. The molecule has 118 valence electrons. The Hall–Kier alpha value is -1.63. The maximum atomic E-state index is 8.05. The Bertz CT molecular complexity index is 735. The molecule has 0 saturated heterocycles. The molecule has 2 rings (SSSR count). The molecular weight excluding hydrogens is 266 g/mol. The van der Waals surface area contributed by atoms with Gasteiger partial charge >= 0.3 is 0 Å². The predicted octanol–water partition coefficient (Wildman–Crippen LogP) is 5.26. The van der Waals surface area contributed by atoms with Crippen molar-refractivity contribution < 1.29 is 8.68 Å². The van der Waals surface area contributed by atoms with Gasteiger partial charge in [-0.3, -0.25) is 0 Å². The molecule has 0 bridgehead atoms. The number of nitrogens with zero attached hydrogens (tertiary/aromatic N) is 1. The lowest BCUT2D eigenvalue weighted by atomic mass is 9.72. The summed E-state index contributed by atoms with van der Waals surface area (Å²) in [6.45, 7) is 6.48. The number of pyridine rings is 1. The fourth-order valence-corrected chi connectivity index (χ4v) is 3.54. The highest BCUT2D eigenvalue weighted by Crippen LogP contribution is 2.38. The van der Waals surface area contributed by atoms with Gasteiger partial charge in [0.2, 0.25) is 5.69 Å². The quantitative estimate of drug-likeness (QED) is 0.663. The van der Waals surface area contributed by atoms with E-state index in [0.29, 0.717) is 5.56 Å². The average molecular weight is 299 g/mol. The number of benzene rings is 1. The van der Waals surface area contributed by atoms with Crippen LogP contribution in [0, 0.1) is 13.8 Å². The first-order valence-corrected chi connectivity index (χ1v) is 8.30. The van der Waals surface area contributed by atoms with Crippen LogP contribution in [-0.4, -0.2) is 0 Å². The van der Waals surface area contributed by atoms with Crippen molar-refractivity contribution in [2.24, 2.45) is 7.05 Å². The Labute approximate surface area is 140 Å². The third-order valence-electron chi connectivity index (χ3n) is 5.30. The van der Waals surface area contributed by atoms with Crippen molar-refractivity contribution in [2.45, 2.75) is 59.2 Å². The number of hydrogen-bond donors (Lipinski definition) is 0. The zero-order valence-electron chi connectivity index (χ0n) is 17.5. The third kappa shape index (κ3) is 2.82. The fraction of sp³-hybridized carbons (Fsp3) is 0.476. The van der Waals surface area contributed by atoms with E-state index < -0.39 is 6.85 Å². The van der Waals surface area contributed by atoms with E-state index in [0.717, 1.165) is 36.1 Å². The smallest absolute Gasteiger partial charge is 0.201 e. The number of rotatable bonds is 5. The van der Waals surface area contributed by atoms with Crippen LogP contribution in [0.2, 0.25) is 0 Å². The van der Waals surface area contributed by atoms with Crippen molar-refractivity contribution in [2.75, 3.05) is 0 Å². The zero-order valence-corrected chi connectivity index (χ0v) is 14.5. The van der Waals surface area contributed by atoms with Gasteiger partial charge in [0.05, 0.1) is 0 Å². The van der Waals surface area contributed by atoms with Crippen LogP contribution in [-0.2, 0) is 12.5 Å². The molecule has 1 aromatic heterocycles. The molecule has 0 atom stereocenters. The largest absolute Gasteiger partial charge is 0.212 e. The van der Waals surface area contributed by atoms with Gasteiger partial charge in [-0.1, -0.05) is 39.0 Å². The second-order valence-electron chi connectivity index (χ2n) is 6.25. The summed E-state index contributed by atoms with van der Waals surface area (Å²) >= 11 is 0. The van der Waals surface area contributed by atoms with Gasteiger partial charge in [-0.2, -0.15) is 0 Å². The van der Waals surface area contributed by atoms with E-state index in [9.17, 15) is 0 Å². The van der Waals surface area contributed by atoms with Crippen molar-refractivity contribution >= 4 is 0 Å². The molecule has 1 nitrogen and oxygen atoms in total. The lowest BCUT2D eigenvalue weighted by Crippen LogP contribution is -2.34. The minimum Gasteiger partial charge on any atom is -0.201 e. The lowest BCUT2D eigenvalue weighted by Gasteiger charge is -2.32. The van der Waals surface area contributed by atoms with Crippen LogP contribution >= 0.6 is 0 Å². The van der Waals surface area contributed by atoms with E-state index in [2.05, 4.69) is 45.9 Å². The molecular formula is C21H30N+. The van der Waals surface area contributed by atoms with Crippen LogP contribution in [0.25, 0.3) is 11.3 Å². The van der Waals surface area contributed by atoms with Crippen molar-refractivity contribution in [1.82, 2.24) is 0 Å². The van der Waals surface area contributed by atoms with Gasteiger partial charge in [0.25, 0.3) is 0 Å². The van der Waals surface area contributed by atoms with E-state index in [1.165, 1.54) is 5.56 Å². The number of aromatic nitrogens is 1. The molecule has 0 unspecified atom stereocenters. The Morgan fingerprint density at radius 2 is 1.68 bits per heavy atom. The summed E-state index contributed by atoms with van der Waals surface area (Å²) in [5.41, 5.74) is 4.78. The standard InChI is InChI=1S/C21H30N/c1-7-21(8-2,9-3)19-14-20(22(6)15-17(19)5)18-13-11-10-12-16(18)4/h10-15H,7-9H2,1-6H3/q+1/i5D3. The van der Waals surface area contributed by atoms with Crippen molar-refractivity contribution in [1.29, 1.82) is 0 Å². The van der Waals surface area contributed by atoms with Gasteiger partial charge in [0.15, 0.2) is 6.20 Å². The Kier molecular flexibility index (Phi) is 3.89.